The van der Waals surface area contributed by atoms with Gasteiger partial charge in [-0.15, -0.1) is 16.8 Å². The second kappa shape index (κ2) is 8.58. The van der Waals surface area contributed by atoms with Gasteiger partial charge in [0, 0.05) is 36.8 Å². The predicted octanol–water partition coefficient (Wildman–Crippen LogP) is 3.28. The lowest BCUT2D eigenvalue weighted by molar-refractivity contribution is 0.126. The summed E-state index contributed by atoms with van der Waals surface area (Å²) in [6.07, 6.45) is 10.8. The summed E-state index contributed by atoms with van der Waals surface area (Å²) in [6.45, 7) is 10.3. The average molecular weight is 359 g/mol. The lowest BCUT2D eigenvalue weighted by atomic mass is 10.0. The Morgan fingerprint density at radius 3 is 2.92 bits per heavy atom. The Balaban J connectivity index is 1.76. The molecule has 25 heavy (non-hydrogen) atoms. The quantitative estimate of drug-likeness (QED) is 0.559. The monoisotopic (exact) mass is 358 g/mol. The van der Waals surface area contributed by atoms with E-state index in [1.54, 1.807) is 30.4 Å². The van der Waals surface area contributed by atoms with Gasteiger partial charge in [0.15, 0.2) is 11.0 Å². The minimum Gasteiger partial charge on any atom is -0.297 e. The maximum Gasteiger partial charge on any atom is 0.191 e. The van der Waals surface area contributed by atoms with Crippen LogP contribution in [0.2, 0.25) is 0 Å². The molecule has 1 saturated heterocycles. The van der Waals surface area contributed by atoms with E-state index in [-0.39, 0.29) is 0 Å². The maximum atomic E-state index is 4.41. The fourth-order valence-corrected chi connectivity index (χ4v) is 4.46. The van der Waals surface area contributed by atoms with Gasteiger partial charge in [-0.25, -0.2) is 4.98 Å². The van der Waals surface area contributed by atoms with E-state index in [0.29, 0.717) is 18.6 Å². The fourth-order valence-electron chi connectivity index (χ4n) is 3.35. The predicted molar refractivity (Wildman–Crippen MR) is 101 cm³/mol. The van der Waals surface area contributed by atoms with Crippen molar-refractivity contribution in [1.82, 2.24) is 29.6 Å². The summed E-state index contributed by atoms with van der Waals surface area (Å²) in [4.78, 5) is 11.1. The Kier molecular flexibility index (Phi) is 6.20. The second-order valence-electron chi connectivity index (χ2n) is 6.59. The summed E-state index contributed by atoms with van der Waals surface area (Å²) in [7, 11) is 0. The van der Waals surface area contributed by atoms with E-state index in [0.717, 1.165) is 22.4 Å². The van der Waals surface area contributed by atoms with Crippen LogP contribution in [0.15, 0.2) is 36.4 Å². The molecular weight excluding hydrogens is 332 g/mol. The Hall–Kier alpha value is -1.73. The van der Waals surface area contributed by atoms with Crippen LogP contribution in [-0.4, -0.2) is 54.0 Å². The molecule has 1 aliphatic rings. The number of hydrogen-bond acceptors (Lipinski definition) is 6. The van der Waals surface area contributed by atoms with Gasteiger partial charge >= 0.3 is 0 Å². The standard InChI is InChI=1S/C18H26N6S/c1-4-10-24-17(16-12-19-8-9-20-16)21-22-18(24)25-13-15-7-5-6-11-23(15)14(2)3/h4,8-9,12,14-15H,1,5-7,10-11,13H2,2-3H3/t15-/m0/s1. The van der Waals surface area contributed by atoms with Crippen LogP contribution < -0.4 is 0 Å². The number of hydrogen-bond donors (Lipinski definition) is 0. The zero-order valence-electron chi connectivity index (χ0n) is 15.0. The van der Waals surface area contributed by atoms with Gasteiger partial charge in [0.1, 0.15) is 5.69 Å². The highest BCUT2D eigenvalue weighted by atomic mass is 32.2. The molecule has 1 aliphatic heterocycles. The maximum absolute atomic E-state index is 4.41. The number of likely N-dealkylation sites (tertiary alicyclic amines) is 1. The molecule has 0 aromatic carbocycles. The van der Waals surface area contributed by atoms with Gasteiger partial charge in [-0.05, 0) is 33.2 Å². The van der Waals surface area contributed by atoms with E-state index >= 15 is 0 Å². The first-order valence-corrected chi connectivity index (χ1v) is 9.88. The molecule has 1 atom stereocenters. The van der Waals surface area contributed by atoms with Crippen molar-refractivity contribution in [3.8, 4) is 11.5 Å². The van der Waals surface area contributed by atoms with Gasteiger partial charge in [-0.1, -0.05) is 24.3 Å². The van der Waals surface area contributed by atoms with Crippen LogP contribution in [0.3, 0.4) is 0 Å². The minimum atomic E-state index is 0.590. The van der Waals surface area contributed by atoms with Crippen molar-refractivity contribution in [2.75, 3.05) is 12.3 Å². The van der Waals surface area contributed by atoms with E-state index in [2.05, 4.69) is 50.1 Å². The normalized spacial score (nSPS) is 18.6. The smallest absolute Gasteiger partial charge is 0.191 e. The van der Waals surface area contributed by atoms with Crippen LogP contribution in [0.25, 0.3) is 11.5 Å². The molecule has 3 heterocycles. The van der Waals surface area contributed by atoms with Gasteiger partial charge < -0.3 is 0 Å². The van der Waals surface area contributed by atoms with Gasteiger partial charge in [-0.3, -0.25) is 14.5 Å². The molecule has 134 valence electrons. The van der Waals surface area contributed by atoms with Gasteiger partial charge in [0.2, 0.25) is 0 Å². The van der Waals surface area contributed by atoms with E-state index in [1.165, 1.54) is 25.8 Å². The zero-order valence-corrected chi connectivity index (χ0v) is 15.8. The molecule has 0 saturated carbocycles. The summed E-state index contributed by atoms with van der Waals surface area (Å²) >= 11 is 1.78. The largest absolute Gasteiger partial charge is 0.297 e. The number of rotatable bonds is 7. The summed E-state index contributed by atoms with van der Waals surface area (Å²) in [5.74, 6) is 1.79. The zero-order chi connectivity index (χ0) is 17.6. The number of aromatic nitrogens is 5. The molecule has 0 spiro atoms. The van der Waals surface area contributed by atoms with Crippen LogP contribution in [-0.2, 0) is 6.54 Å². The molecular formula is C18H26N6S. The molecule has 2 aromatic heterocycles. The first-order valence-electron chi connectivity index (χ1n) is 8.89. The number of nitrogens with zero attached hydrogens (tertiary/aromatic N) is 6. The topological polar surface area (TPSA) is 59.7 Å². The minimum absolute atomic E-state index is 0.590. The molecule has 1 fully saturated rings. The van der Waals surface area contributed by atoms with Crippen molar-refractivity contribution >= 4 is 11.8 Å². The van der Waals surface area contributed by atoms with Crippen LogP contribution >= 0.6 is 11.8 Å². The van der Waals surface area contributed by atoms with E-state index in [1.807, 2.05) is 6.08 Å². The average Bonchev–Trinajstić information content (AvgIpc) is 3.04. The number of allylic oxidation sites excluding steroid dienone is 1. The fraction of sp³-hybridized carbons (Fsp3) is 0.556. The number of piperidine rings is 1. The van der Waals surface area contributed by atoms with Crippen molar-refractivity contribution in [1.29, 1.82) is 0 Å². The SMILES string of the molecule is C=CCn1c(SC[C@@H]2CCCCN2C(C)C)nnc1-c1cnccn1. The van der Waals surface area contributed by atoms with Crippen LogP contribution in [0, 0.1) is 0 Å². The lowest BCUT2D eigenvalue weighted by Crippen LogP contribution is -2.45. The van der Waals surface area contributed by atoms with Crippen LogP contribution in [0.5, 0.6) is 0 Å². The molecule has 0 aliphatic carbocycles. The molecule has 0 amide bonds. The van der Waals surface area contributed by atoms with E-state index < -0.39 is 0 Å². The van der Waals surface area contributed by atoms with Crippen molar-refractivity contribution < 1.29 is 0 Å². The van der Waals surface area contributed by atoms with Crippen molar-refractivity contribution in [3.05, 3.63) is 31.2 Å². The molecule has 0 unspecified atom stereocenters. The highest BCUT2D eigenvalue weighted by molar-refractivity contribution is 7.99. The highest BCUT2D eigenvalue weighted by Crippen LogP contribution is 2.27. The van der Waals surface area contributed by atoms with Gasteiger partial charge in [0.05, 0.1) is 6.20 Å². The van der Waals surface area contributed by atoms with Crippen LogP contribution in [0.4, 0.5) is 0 Å². The Morgan fingerprint density at radius 2 is 2.20 bits per heavy atom. The molecule has 3 rings (SSSR count). The first kappa shape index (κ1) is 18.1. The van der Waals surface area contributed by atoms with Gasteiger partial charge in [-0.2, -0.15) is 0 Å². The Bertz CT molecular complexity index is 684. The first-order chi connectivity index (χ1) is 12.2. The summed E-state index contributed by atoms with van der Waals surface area (Å²) in [5.41, 5.74) is 0.741. The third-order valence-electron chi connectivity index (χ3n) is 4.56. The van der Waals surface area contributed by atoms with E-state index in [9.17, 15) is 0 Å². The third-order valence-corrected chi connectivity index (χ3v) is 5.67. The molecule has 0 bridgehead atoms. The van der Waals surface area contributed by atoms with Crippen molar-refractivity contribution in [3.63, 3.8) is 0 Å². The highest BCUT2D eigenvalue weighted by Gasteiger charge is 2.25. The Labute approximate surface area is 153 Å². The third kappa shape index (κ3) is 4.27. The lowest BCUT2D eigenvalue weighted by Gasteiger charge is -2.38. The van der Waals surface area contributed by atoms with Crippen molar-refractivity contribution in [2.24, 2.45) is 0 Å². The molecule has 0 radical (unpaired) electrons. The summed E-state index contributed by atoms with van der Waals surface area (Å²) < 4.78 is 2.07. The summed E-state index contributed by atoms with van der Waals surface area (Å²) in [6, 6.07) is 1.19. The van der Waals surface area contributed by atoms with Crippen LogP contribution in [0.1, 0.15) is 33.1 Å². The molecule has 2 aromatic rings. The Morgan fingerprint density at radius 1 is 1.32 bits per heavy atom. The molecule has 0 N–H and O–H groups in total. The van der Waals surface area contributed by atoms with E-state index in [4.69, 9.17) is 0 Å². The second-order valence-corrected chi connectivity index (χ2v) is 7.58. The summed E-state index contributed by atoms with van der Waals surface area (Å²) in [5, 5.41) is 9.68. The molecule has 6 nitrogen and oxygen atoms in total. The molecule has 7 heteroatoms. The van der Waals surface area contributed by atoms with Crippen molar-refractivity contribution in [2.45, 2.75) is 56.9 Å². The van der Waals surface area contributed by atoms with Gasteiger partial charge in [0.25, 0.3) is 0 Å². The number of thioether (sulfide) groups is 1.